The molecular weight excluding hydrogens is 449 g/mol. The van der Waals surface area contributed by atoms with E-state index < -0.39 is 5.91 Å². The Balaban J connectivity index is 1.51. The average Bonchev–Trinajstić information content (AvgIpc) is 3.34. The molecule has 0 spiro atoms. The number of carbonyl (C=O) groups is 2. The minimum Gasteiger partial charge on any atom is -0.454 e. The van der Waals surface area contributed by atoms with E-state index in [-0.39, 0.29) is 46.9 Å². The summed E-state index contributed by atoms with van der Waals surface area (Å²) in [5.74, 6) is 0.621. The molecule has 10 heteroatoms. The second-order valence-corrected chi connectivity index (χ2v) is 9.12. The summed E-state index contributed by atoms with van der Waals surface area (Å²) in [6.07, 6.45) is 5.35. The van der Waals surface area contributed by atoms with Crippen LogP contribution in [0.15, 0.2) is 18.2 Å². The van der Waals surface area contributed by atoms with Gasteiger partial charge in [0.05, 0.1) is 0 Å². The topological polar surface area (TPSA) is 80.8 Å². The summed E-state index contributed by atoms with van der Waals surface area (Å²) in [7, 11) is 0. The van der Waals surface area contributed by atoms with Crippen LogP contribution in [0.1, 0.15) is 48.2 Å². The van der Waals surface area contributed by atoms with Gasteiger partial charge in [0.25, 0.3) is 5.91 Å². The first-order chi connectivity index (χ1) is 14.5. The molecule has 1 aliphatic carbocycles. The van der Waals surface area contributed by atoms with E-state index >= 15 is 0 Å². The second kappa shape index (κ2) is 9.41. The van der Waals surface area contributed by atoms with Crippen LogP contribution < -0.4 is 14.8 Å². The zero-order valence-electron chi connectivity index (χ0n) is 16.2. The molecule has 2 aliphatic rings. The molecule has 0 bridgehead atoms. The van der Waals surface area contributed by atoms with E-state index in [4.69, 9.17) is 32.7 Å². The summed E-state index contributed by atoms with van der Waals surface area (Å²) in [5.41, 5.74) is 0.855. The third kappa shape index (κ3) is 4.82. The SMILES string of the molecule is O=C(CN(Cc1ccc2c(c1)OCO2)C(=O)c1nsc(Cl)c1Cl)NC1CCCCC1. The zero-order valence-corrected chi connectivity index (χ0v) is 18.5. The van der Waals surface area contributed by atoms with Crippen LogP contribution in [0.5, 0.6) is 11.5 Å². The van der Waals surface area contributed by atoms with Gasteiger partial charge in [0.1, 0.15) is 15.9 Å². The normalized spacial score (nSPS) is 15.8. The van der Waals surface area contributed by atoms with Crippen LogP contribution in [0.3, 0.4) is 0 Å². The molecule has 1 saturated carbocycles. The predicted octanol–water partition coefficient (Wildman–Crippen LogP) is 4.27. The van der Waals surface area contributed by atoms with E-state index in [1.807, 2.05) is 6.07 Å². The molecule has 1 fully saturated rings. The number of carbonyl (C=O) groups excluding carboxylic acids is 2. The molecule has 1 N–H and O–H groups in total. The molecule has 1 aliphatic heterocycles. The van der Waals surface area contributed by atoms with Crippen molar-refractivity contribution in [3.8, 4) is 11.5 Å². The van der Waals surface area contributed by atoms with E-state index in [0.717, 1.165) is 42.8 Å². The lowest BCUT2D eigenvalue weighted by Gasteiger charge is -2.26. The molecule has 4 rings (SSSR count). The number of aromatic nitrogens is 1. The Morgan fingerprint density at radius 1 is 1.17 bits per heavy atom. The van der Waals surface area contributed by atoms with E-state index in [2.05, 4.69) is 9.69 Å². The van der Waals surface area contributed by atoms with E-state index in [0.29, 0.717) is 11.5 Å². The van der Waals surface area contributed by atoms with Gasteiger partial charge in [0.2, 0.25) is 12.7 Å². The Hall–Kier alpha value is -2.03. The van der Waals surface area contributed by atoms with Crippen LogP contribution in [-0.2, 0) is 11.3 Å². The number of amides is 2. The van der Waals surface area contributed by atoms with Crippen molar-refractivity contribution >= 4 is 46.5 Å². The van der Waals surface area contributed by atoms with Crippen molar-refractivity contribution in [1.29, 1.82) is 0 Å². The lowest BCUT2D eigenvalue weighted by molar-refractivity contribution is -0.122. The standard InChI is InChI=1S/C20H21Cl2N3O4S/c21-17-18(24-30-19(17)22)20(27)25(10-16(26)23-13-4-2-1-3-5-13)9-12-6-7-14-15(8-12)29-11-28-14/h6-8,13H,1-5,9-11H2,(H,23,26). The molecule has 2 amide bonds. The maximum Gasteiger partial charge on any atom is 0.275 e. The number of rotatable bonds is 6. The van der Waals surface area contributed by atoms with Crippen molar-refractivity contribution in [2.24, 2.45) is 0 Å². The molecular formula is C20H21Cl2N3O4S. The summed E-state index contributed by atoms with van der Waals surface area (Å²) >= 11 is 13.1. The highest BCUT2D eigenvalue weighted by Gasteiger charge is 2.27. The molecule has 2 heterocycles. The van der Waals surface area contributed by atoms with Gasteiger partial charge in [-0.05, 0) is 42.1 Å². The third-order valence-electron chi connectivity index (χ3n) is 5.20. The fourth-order valence-electron chi connectivity index (χ4n) is 3.69. The van der Waals surface area contributed by atoms with Gasteiger partial charge in [0.15, 0.2) is 17.2 Å². The zero-order chi connectivity index (χ0) is 21.1. The van der Waals surface area contributed by atoms with Crippen LogP contribution in [0.2, 0.25) is 9.36 Å². The molecule has 0 radical (unpaired) electrons. The molecule has 0 saturated heterocycles. The summed E-state index contributed by atoms with van der Waals surface area (Å²) in [6.45, 7) is 0.256. The smallest absolute Gasteiger partial charge is 0.275 e. The second-order valence-electron chi connectivity index (χ2n) is 7.37. The van der Waals surface area contributed by atoms with E-state index in [1.165, 1.54) is 11.3 Å². The number of benzene rings is 1. The Kier molecular flexibility index (Phi) is 6.65. The predicted molar refractivity (Wildman–Crippen MR) is 114 cm³/mol. The molecule has 160 valence electrons. The van der Waals surface area contributed by atoms with Crippen LogP contribution in [0.4, 0.5) is 0 Å². The minimum absolute atomic E-state index is 0.0536. The molecule has 1 aromatic carbocycles. The van der Waals surface area contributed by atoms with Crippen molar-refractivity contribution in [2.45, 2.75) is 44.7 Å². The number of ether oxygens (including phenoxy) is 2. The number of nitrogens with one attached hydrogen (secondary N) is 1. The van der Waals surface area contributed by atoms with Gasteiger partial charge in [0, 0.05) is 12.6 Å². The number of hydrogen-bond acceptors (Lipinski definition) is 6. The summed E-state index contributed by atoms with van der Waals surface area (Å²) in [5, 5.41) is 3.16. The van der Waals surface area contributed by atoms with Gasteiger partial charge < -0.3 is 19.7 Å². The molecule has 0 atom stereocenters. The van der Waals surface area contributed by atoms with Crippen molar-refractivity contribution in [1.82, 2.24) is 14.6 Å². The van der Waals surface area contributed by atoms with Crippen LogP contribution in [0.25, 0.3) is 0 Å². The Morgan fingerprint density at radius 3 is 2.67 bits per heavy atom. The van der Waals surface area contributed by atoms with Gasteiger partial charge in [-0.3, -0.25) is 9.59 Å². The first kappa shape index (κ1) is 21.2. The number of halogens is 2. The summed E-state index contributed by atoms with van der Waals surface area (Å²) in [6, 6.07) is 5.58. The fourth-order valence-corrected chi connectivity index (χ4v) is 4.68. The number of hydrogen-bond donors (Lipinski definition) is 1. The minimum atomic E-state index is -0.445. The largest absolute Gasteiger partial charge is 0.454 e. The molecule has 7 nitrogen and oxygen atoms in total. The van der Waals surface area contributed by atoms with Gasteiger partial charge in [-0.2, -0.15) is 4.37 Å². The quantitative estimate of drug-likeness (QED) is 0.682. The van der Waals surface area contributed by atoms with E-state index in [9.17, 15) is 9.59 Å². The number of fused-ring (bicyclic) bond motifs is 1. The fraction of sp³-hybridized carbons (Fsp3) is 0.450. The van der Waals surface area contributed by atoms with Crippen molar-refractivity contribution in [3.05, 3.63) is 38.8 Å². The summed E-state index contributed by atoms with van der Waals surface area (Å²) < 4.78 is 15.1. The first-order valence-electron chi connectivity index (χ1n) is 9.79. The van der Waals surface area contributed by atoms with Crippen molar-refractivity contribution in [2.75, 3.05) is 13.3 Å². The maximum absolute atomic E-state index is 13.1. The van der Waals surface area contributed by atoms with E-state index in [1.54, 1.807) is 12.1 Å². The molecule has 1 aromatic heterocycles. The highest BCUT2D eigenvalue weighted by atomic mass is 35.5. The van der Waals surface area contributed by atoms with Gasteiger partial charge >= 0.3 is 0 Å². The lowest BCUT2D eigenvalue weighted by atomic mass is 9.95. The lowest BCUT2D eigenvalue weighted by Crippen LogP contribution is -2.44. The first-order valence-corrected chi connectivity index (χ1v) is 11.3. The van der Waals surface area contributed by atoms with Gasteiger partial charge in [-0.1, -0.05) is 48.5 Å². The van der Waals surface area contributed by atoms with Crippen molar-refractivity contribution < 1.29 is 19.1 Å². The van der Waals surface area contributed by atoms with Gasteiger partial charge in [-0.25, -0.2) is 0 Å². The van der Waals surface area contributed by atoms with Crippen LogP contribution in [0, 0.1) is 0 Å². The summed E-state index contributed by atoms with van der Waals surface area (Å²) in [4.78, 5) is 27.3. The Morgan fingerprint density at radius 2 is 1.93 bits per heavy atom. The Bertz CT molecular complexity index is 946. The average molecular weight is 470 g/mol. The monoisotopic (exact) mass is 469 g/mol. The highest BCUT2D eigenvalue weighted by Crippen LogP contribution is 2.34. The molecule has 0 unspecified atom stereocenters. The van der Waals surface area contributed by atoms with Gasteiger partial charge in [-0.15, -0.1) is 0 Å². The maximum atomic E-state index is 13.1. The third-order valence-corrected chi connectivity index (χ3v) is 6.81. The molecule has 2 aromatic rings. The van der Waals surface area contributed by atoms with Crippen LogP contribution >= 0.6 is 34.7 Å². The van der Waals surface area contributed by atoms with Crippen molar-refractivity contribution in [3.63, 3.8) is 0 Å². The highest BCUT2D eigenvalue weighted by molar-refractivity contribution is 7.11. The Labute approximate surface area is 188 Å². The number of nitrogens with zero attached hydrogens (tertiary/aromatic N) is 2. The molecule has 30 heavy (non-hydrogen) atoms. The van der Waals surface area contributed by atoms with Crippen LogP contribution in [-0.4, -0.2) is 40.5 Å².